The molecule has 0 aliphatic carbocycles. The van der Waals surface area contributed by atoms with Gasteiger partial charge in [-0.1, -0.05) is 36.4 Å². The Labute approximate surface area is 137 Å². The van der Waals surface area contributed by atoms with Crippen LogP contribution < -0.4 is 10.6 Å². The molecule has 0 amide bonds. The van der Waals surface area contributed by atoms with E-state index in [1.165, 1.54) is 5.56 Å². The van der Waals surface area contributed by atoms with Crippen LogP contribution >= 0.6 is 0 Å². The number of halogens is 1. The normalized spacial score (nSPS) is 15.8. The summed E-state index contributed by atoms with van der Waals surface area (Å²) >= 11 is 0. The molecule has 1 heterocycles. The smallest absolute Gasteiger partial charge is 0.146 e. The summed E-state index contributed by atoms with van der Waals surface area (Å²) < 4.78 is 14.3. The maximum atomic E-state index is 14.3. The maximum absolute atomic E-state index is 14.3. The van der Waals surface area contributed by atoms with E-state index in [1.54, 1.807) is 6.07 Å². The summed E-state index contributed by atoms with van der Waals surface area (Å²) in [6, 6.07) is 16.0. The van der Waals surface area contributed by atoms with Gasteiger partial charge in [-0.25, -0.2) is 4.39 Å². The van der Waals surface area contributed by atoms with Crippen LogP contribution in [0.2, 0.25) is 0 Å². The Bertz CT molecular complexity index is 622. The van der Waals surface area contributed by atoms with Gasteiger partial charge in [-0.3, -0.25) is 4.90 Å². The van der Waals surface area contributed by atoms with Gasteiger partial charge in [0.05, 0.1) is 5.69 Å². The molecule has 0 radical (unpaired) electrons. The van der Waals surface area contributed by atoms with E-state index in [0.29, 0.717) is 12.2 Å². The zero-order chi connectivity index (χ0) is 16.1. The van der Waals surface area contributed by atoms with Crippen molar-refractivity contribution in [1.82, 2.24) is 4.90 Å². The largest absolute Gasteiger partial charge is 0.367 e. The highest BCUT2D eigenvalue weighted by molar-refractivity contribution is 5.49. The molecule has 0 bridgehead atoms. The van der Waals surface area contributed by atoms with E-state index >= 15 is 0 Å². The lowest BCUT2D eigenvalue weighted by Gasteiger charge is -2.36. The Morgan fingerprint density at radius 2 is 1.65 bits per heavy atom. The monoisotopic (exact) mass is 313 g/mol. The maximum Gasteiger partial charge on any atom is 0.146 e. The lowest BCUT2D eigenvalue weighted by molar-refractivity contribution is 0.249. The molecule has 0 saturated carbocycles. The van der Waals surface area contributed by atoms with E-state index in [-0.39, 0.29) is 5.82 Å². The van der Waals surface area contributed by atoms with Crippen molar-refractivity contribution in [3.8, 4) is 0 Å². The van der Waals surface area contributed by atoms with Crippen molar-refractivity contribution in [3.63, 3.8) is 0 Å². The average molecular weight is 313 g/mol. The quantitative estimate of drug-likeness (QED) is 0.921. The van der Waals surface area contributed by atoms with Crippen molar-refractivity contribution < 1.29 is 4.39 Å². The van der Waals surface area contributed by atoms with Crippen LogP contribution in [0.4, 0.5) is 10.1 Å². The fraction of sp³-hybridized carbons (Fsp3) is 0.368. The molecule has 2 aromatic carbocycles. The molecule has 0 unspecified atom stereocenters. The third-order valence-corrected chi connectivity index (χ3v) is 4.41. The molecule has 23 heavy (non-hydrogen) atoms. The Hall–Kier alpha value is -1.91. The van der Waals surface area contributed by atoms with Crippen LogP contribution in [0.3, 0.4) is 0 Å². The molecule has 3 rings (SSSR count). The van der Waals surface area contributed by atoms with Gasteiger partial charge in [-0.05, 0) is 36.2 Å². The van der Waals surface area contributed by atoms with Gasteiger partial charge in [-0.2, -0.15) is 0 Å². The molecule has 1 aliphatic rings. The molecular formula is C19H24FN3. The van der Waals surface area contributed by atoms with Crippen LogP contribution in [0.1, 0.15) is 11.1 Å². The number of benzene rings is 2. The van der Waals surface area contributed by atoms with Gasteiger partial charge in [0.2, 0.25) is 0 Å². The molecule has 1 fully saturated rings. The first-order valence-corrected chi connectivity index (χ1v) is 8.26. The summed E-state index contributed by atoms with van der Waals surface area (Å²) in [6.45, 7) is 5.15. The Morgan fingerprint density at radius 1 is 0.913 bits per heavy atom. The van der Waals surface area contributed by atoms with Crippen LogP contribution in [0.25, 0.3) is 0 Å². The molecule has 2 N–H and O–H groups in total. The van der Waals surface area contributed by atoms with E-state index in [9.17, 15) is 4.39 Å². The standard InChI is InChI=1S/C19H24FN3/c20-18-14-16(8-9-21)6-7-19(18)23-12-10-22(11-13-23)15-17-4-2-1-3-5-17/h1-7,14H,8-13,15,21H2. The second-order valence-corrected chi connectivity index (χ2v) is 6.07. The van der Waals surface area contributed by atoms with Crippen LogP contribution in [-0.4, -0.2) is 37.6 Å². The zero-order valence-electron chi connectivity index (χ0n) is 13.4. The minimum absolute atomic E-state index is 0.132. The molecule has 122 valence electrons. The van der Waals surface area contributed by atoms with Crippen LogP contribution in [0.5, 0.6) is 0 Å². The molecule has 0 aromatic heterocycles. The highest BCUT2D eigenvalue weighted by Crippen LogP contribution is 2.22. The first kappa shape index (κ1) is 16.0. The first-order valence-electron chi connectivity index (χ1n) is 8.26. The predicted molar refractivity (Wildman–Crippen MR) is 93.1 cm³/mol. The molecule has 0 atom stereocenters. The zero-order valence-corrected chi connectivity index (χ0v) is 13.4. The number of nitrogens with zero attached hydrogens (tertiary/aromatic N) is 2. The number of rotatable bonds is 5. The van der Waals surface area contributed by atoms with Gasteiger partial charge >= 0.3 is 0 Å². The van der Waals surface area contributed by atoms with Gasteiger partial charge in [0, 0.05) is 32.7 Å². The molecule has 2 aromatic rings. The van der Waals surface area contributed by atoms with E-state index < -0.39 is 0 Å². The Kier molecular flexibility index (Phi) is 5.26. The third kappa shape index (κ3) is 4.09. The van der Waals surface area contributed by atoms with Crippen LogP contribution in [0, 0.1) is 5.82 Å². The predicted octanol–water partition coefficient (Wildman–Crippen LogP) is 2.65. The van der Waals surface area contributed by atoms with E-state index in [2.05, 4.69) is 34.1 Å². The first-order chi connectivity index (χ1) is 11.3. The van der Waals surface area contributed by atoms with Crippen LogP contribution in [-0.2, 0) is 13.0 Å². The molecular weight excluding hydrogens is 289 g/mol. The third-order valence-electron chi connectivity index (χ3n) is 4.41. The summed E-state index contributed by atoms with van der Waals surface area (Å²) in [5, 5.41) is 0. The highest BCUT2D eigenvalue weighted by atomic mass is 19.1. The summed E-state index contributed by atoms with van der Waals surface area (Å²) in [5.74, 6) is -0.132. The average Bonchev–Trinajstić information content (AvgIpc) is 2.57. The second kappa shape index (κ2) is 7.57. The summed E-state index contributed by atoms with van der Waals surface area (Å²) in [4.78, 5) is 4.57. The van der Waals surface area contributed by atoms with Gasteiger partial charge < -0.3 is 10.6 Å². The number of hydrogen-bond donors (Lipinski definition) is 1. The summed E-state index contributed by atoms with van der Waals surface area (Å²) in [5.41, 5.74) is 8.55. The van der Waals surface area contributed by atoms with Gasteiger partial charge in [-0.15, -0.1) is 0 Å². The lowest BCUT2D eigenvalue weighted by atomic mass is 10.1. The fourth-order valence-corrected chi connectivity index (χ4v) is 3.12. The minimum atomic E-state index is -0.132. The molecule has 1 saturated heterocycles. The highest BCUT2D eigenvalue weighted by Gasteiger charge is 2.19. The number of piperazine rings is 1. The summed E-state index contributed by atoms with van der Waals surface area (Å²) in [7, 11) is 0. The lowest BCUT2D eigenvalue weighted by Crippen LogP contribution is -2.46. The van der Waals surface area contributed by atoms with Crippen molar-refractivity contribution >= 4 is 5.69 Å². The Morgan fingerprint density at radius 3 is 2.30 bits per heavy atom. The van der Waals surface area contributed by atoms with E-state index in [4.69, 9.17) is 5.73 Å². The fourth-order valence-electron chi connectivity index (χ4n) is 3.12. The van der Waals surface area contributed by atoms with Gasteiger partial charge in [0.1, 0.15) is 5.82 Å². The summed E-state index contributed by atoms with van der Waals surface area (Å²) in [6.07, 6.45) is 0.724. The molecule has 3 nitrogen and oxygen atoms in total. The van der Waals surface area contributed by atoms with Gasteiger partial charge in [0.25, 0.3) is 0 Å². The molecule has 0 spiro atoms. The van der Waals surface area contributed by atoms with E-state index in [0.717, 1.165) is 44.7 Å². The van der Waals surface area contributed by atoms with Crippen molar-refractivity contribution in [2.45, 2.75) is 13.0 Å². The number of anilines is 1. The van der Waals surface area contributed by atoms with Crippen molar-refractivity contribution in [1.29, 1.82) is 0 Å². The minimum Gasteiger partial charge on any atom is -0.367 e. The van der Waals surface area contributed by atoms with Crippen LogP contribution in [0.15, 0.2) is 48.5 Å². The molecule has 1 aliphatic heterocycles. The molecule has 4 heteroatoms. The van der Waals surface area contributed by atoms with Gasteiger partial charge in [0.15, 0.2) is 0 Å². The van der Waals surface area contributed by atoms with Crippen molar-refractivity contribution in [3.05, 3.63) is 65.5 Å². The van der Waals surface area contributed by atoms with E-state index in [1.807, 2.05) is 18.2 Å². The number of nitrogens with two attached hydrogens (primary N) is 1. The number of hydrogen-bond acceptors (Lipinski definition) is 3. The Balaban J connectivity index is 1.58. The SMILES string of the molecule is NCCc1ccc(N2CCN(Cc3ccccc3)CC2)c(F)c1. The topological polar surface area (TPSA) is 32.5 Å². The van der Waals surface area contributed by atoms with Crippen molar-refractivity contribution in [2.75, 3.05) is 37.6 Å². The van der Waals surface area contributed by atoms with Crippen molar-refractivity contribution in [2.24, 2.45) is 5.73 Å². The second-order valence-electron chi connectivity index (χ2n) is 6.07.